The van der Waals surface area contributed by atoms with E-state index in [2.05, 4.69) is 37.2 Å². The Bertz CT molecular complexity index is 1370. The third kappa shape index (κ3) is 6.06. The number of nitrogens with one attached hydrogen (secondary N) is 1. The quantitative estimate of drug-likeness (QED) is 0.450. The highest BCUT2D eigenvalue weighted by atomic mass is 35.5. The van der Waals surface area contributed by atoms with Gasteiger partial charge in [0.05, 0.1) is 0 Å². The lowest BCUT2D eigenvalue weighted by molar-refractivity contribution is -0.114. The molecular formula is C27H32Cl2N8O3. The summed E-state index contributed by atoms with van der Waals surface area (Å²) in [6.45, 7) is 8.93. The number of piperidine rings is 1. The van der Waals surface area contributed by atoms with Crippen LogP contribution in [0.4, 0.5) is 11.6 Å². The fourth-order valence-electron chi connectivity index (χ4n) is 5.48. The molecule has 0 aliphatic carbocycles. The summed E-state index contributed by atoms with van der Waals surface area (Å²) in [4.78, 5) is 40.7. The van der Waals surface area contributed by atoms with E-state index in [1.54, 1.807) is 31.2 Å². The molecule has 1 N–H and O–H groups in total. The van der Waals surface area contributed by atoms with Crippen molar-refractivity contribution in [2.45, 2.75) is 52.1 Å². The second-order valence-electron chi connectivity index (χ2n) is 10.1. The molecule has 2 fully saturated rings. The molecule has 3 aromatic rings. The number of hydrogen-bond acceptors (Lipinski definition) is 9. The van der Waals surface area contributed by atoms with Crippen molar-refractivity contribution in [1.82, 2.24) is 30.0 Å². The summed E-state index contributed by atoms with van der Waals surface area (Å²) in [5.74, 6) is 0.995. The van der Waals surface area contributed by atoms with Crippen molar-refractivity contribution in [3.63, 3.8) is 0 Å². The molecule has 2 saturated heterocycles. The highest BCUT2D eigenvalue weighted by Crippen LogP contribution is 2.33. The average Bonchev–Trinajstić information content (AvgIpc) is 3.39. The molecule has 2 aliphatic heterocycles. The van der Waals surface area contributed by atoms with Crippen molar-refractivity contribution >= 4 is 46.7 Å². The number of amides is 2. The molecule has 2 aliphatic rings. The van der Waals surface area contributed by atoms with Crippen molar-refractivity contribution in [3.05, 3.63) is 45.9 Å². The Kier molecular flexibility index (Phi) is 8.53. The van der Waals surface area contributed by atoms with Crippen molar-refractivity contribution in [3.8, 4) is 11.6 Å². The third-order valence-corrected chi connectivity index (χ3v) is 7.98. The summed E-state index contributed by atoms with van der Waals surface area (Å²) < 4.78 is 5.52. The van der Waals surface area contributed by atoms with Gasteiger partial charge in [-0.25, -0.2) is 9.97 Å². The SMILES string of the molecule is CC[C@H]1CN(c2nc(NC(C)=O)c(-c3nnc(C)o3)nc2Cl)CCN1C1CCN(C(=O)c2ccc(Cl)cc2)CC1. The molecule has 1 atom stereocenters. The van der Waals surface area contributed by atoms with Gasteiger partial charge in [0, 0.05) is 69.2 Å². The standard InChI is InChI=1S/C27H32Cl2N8O3/c1-4-20-15-36(25-23(29)31-22(24(32-25)30-16(2)38)26-34-33-17(3)40-26)13-14-37(20)21-9-11-35(12-10-21)27(39)18-5-7-19(28)8-6-18/h5-8,20-21H,4,9-15H2,1-3H3,(H,30,32,38)/t20-/m0/s1. The highest BCUT2D eigenvalue weighted by Gasteiger charge is 2.35. The minimum atomic E-state index is -0.294. The van der Waals surface area contributed by atoms with Crippen LogP contribution in [0.5, 0.6) is 0 Å². The van der Waals surface area contributed by atoms with Gasteiger partial charge in [0.15, 0.2) is 22.5 Å². The van der Waals surface area contributed by atoms with Gasteiger partial charge in [-0.3, -0.25) is 14.5 Å². The van der Waals surface area contributed by atoms with Crippen molar-refractivity contribution in [2.75, 3.05) is 42.9 Å². The number of hydrogen-bond donors (Lipinski definition) is 1. The van der Waals surface area contributed by atoms with Gasteiger partial charge >= 0.3 is 0 Å². The lowest BCUT2D eigenvalue weighted by atomic mass is 9.97. The van der Waals surface area contributed by atoms with E-state index in [9.17, 15) is 9.59 Å². The number of nitrogens with zero attached hydrogens (tertiary/aromatic N) is 7. The smallest absolute Gasteiger partial charge is 0.270 e. The first-order valence-electron chi connectivity index (χ1n) is 13.4. The van der Waals surface area contributed by atoms with Gasteiger partial charge in [-0.1, -0.05) is 30.1 Å². The van der Waals surface area contributed by atoms with Crippen LogP contribution >= 0.6 is 23.2 Å². The van der Waals surface area contributed by atoms with Crippen LogP contribution in [0.1, 0.15) is 49.4 Å². The summed E-state index contributed by atoms with van der Waals surface area (Å²) in [6, 6.07) is 7.73. The zero-order valence-electron chi connectivity index (χ0n) is 22.7. The fourth-order valence-corrected chi connectivity index (χ4v) is 5.86. The summed E-state index contributed by atoms with van der Waals surface area (Å²) in [7, 11) is 0. The molecule has 11 nitrogen and oxygen atoms in total. The van der Waals surface area contributed by atoms with Gasteiger partial charge < -0.3 is 19.5 Å². The van der Waals surface area contributed by atoms with Crippen molar-refractivity contribution in [2.24, 2.45) is 0 Å². The normalized spacial score (nSPS) is 18.7. The lowest BCUT2D eigenvalue weighted by Gasteiger charge is -2.47. The van der Waals surface area contributed by atoms with Gasteiger partial charge in [-0.15, -0.1) is 10.2 Å². The summed E-state index contributed by atoms with van der Waals surface area (Å²) in [5, 5.41) is 11.4. The highest BCUT2D eigenvalue weighted by molar-refractivity contribution is 6.32. The van der Waals surface area contributed by atoms with Gasteiger partial charge in [-0.2, -0.15) is 0 Å². The van der Waals surface area contributed by atoms with Gasteiger partial charge in [0.1, 0.15) is 0 Å². The second-order valence-corrected chi connectivity index (χ2v) is 10.9. The first kappa shape index (κ1) is 28.3. The molecule has 0 saturated carbocycles. The number of carbonyl (C=O) groups excluding carboxylic acids is 2. The van der Waals surface area contributed by atoms with Crippen LogP contribution in [0.15, 0.2) is 28.7 Å². The monoisotopic (exact) mass is 586 g/mol. The molecule has 212 valence electrons. The van der Waals surface area contributed by atoms with E-state index in [4.69, 9.17) is 32.6 Å². The number of aromatic nitrogens is 4. The number of likely N-dealkylation sites (tertiary alicyclic amines) is 1. The molecule has 1 aromatic carbocycles. The maximum absolute atomic E-state index is 13.0. The fraction of sp³-hybridized carbons (Fsp3) is 0.481. The average molecular weight is 588 g/mol. The first-order valence-corrected chi connectivity index (χ1v) is 14.2. The first-order chi connectivity index (χ1) is 19.2. The van der Waals surface area contributed by atoms with E-state index in [0.29, 0.717) is 41.4 Å². The Morgan fingerprint density at radius 2 is 1.77 bits per heavy atom. The van der Waals surface area contributed by atoms with Crippen LogP contribution in [-0.4, -0.2) is 86.6 Å². The zero-order valence-corrected chi connectivity index (χ0v) is 24.2. The molecule has 4 heterocycles. The number of piperazine rings is 1. The van der Waals surface area contributed by atoms with E-state index in [1.807, 2.05) is 4.90 Å². The number of anilines is 2. The third-order valence-electron chi connectivity index (χ3n) is 7.47. The number of rotatable bonds is 6. The Hall–Kier alpha value is -3.28. The number of halogens is 2. The van der Waals surface area contributed by atoms with Crippen molar-refractivity contribution < 1.29 is 14.0 Å². The van der Waals surface area contributed by atoms with Gasteiger partial charge in [0.2, 0.25) is 11.8 Å². The lowest BCUT2D eigenvalue weighted by Crippen LogP contribution is -2.58. The number of benzene rings is 1. The van der Waals surface area contributed by atoms with E-state index in [1.165, 1.54) is 6.92 Å². The maximum Gasteiger partial charge on any atom is 0.270 e. The van der Waals surface area contributed by atoms with Crippen LogP contribution < -0.4 is 10.2 Å². The Balaban J connectivity index is 1.27. The summed E-state index contributed by atoms with van der Waals surface area (Å²) in [6.07, 6.45) is 2.78. The molecule has 0 bridgehead atoms. The second kappa shape index (κ2) is 12.1. The Morgan fingerprint density at radius 3 is 2.40 bits per heavy atom. The molecule has 0 unspecified atom stereocenters. The van der Waals surface area contributed by atoms with E-state index in [-0.39, 0.29) is 40.4 Å². The molecule has 2 aromatic heterocycles. The Morgan fingerprint density at radius 1 is 1.05 bits per heavy atom. The Labute approximate surface area is 242 Å². The maximum atomic E-state index is 13.0. The summed E-state index contributed by atoms with van der Waals surface area (Å²) in [5.41, 5.74) is 0.898. The molecular weight excluding hydrogens is 555 g/mol. The summed E-state index contributed by atoms with van der Waals surface area (Å²) >= 11 is 12.6. The van der Waals surface area contributed by atoms with E-state index < -0.39 is 0 Å². The zero-order chi connectivity index (χ0) is 28.4. The van der Waals surface area contributed by atoms with Gasteiger partial charge in [-0.05, 0) is 43.5 Å². The van der Waals surface area contributed by atoms with Crippen LogP contribution in [0.3, 0.4) is 0 Å². The van der Waals surface area contributed by atoms with Gasteiger partial charge in [0.25, 0.3) is 11.8 Å². The van der Waals surface area contributed by atoms with Crippen LogP contribution in [0.2, 0.25) is 10.2 Å². The minimum absolute atomic E-state index is 0.0503. The van der Waals surface area contributed by atoms with E-state index in [0.717, 1.165) is 38.9 Å². The molecule has 0 spiro atoms. The molecule has 5 rings (SSSR count). The molecule has 2 amide bonds. The minimum Gasteiger partial charge on any atom is -0.420 e. The van der Waals surface area contributed by atoms with Crippen LogP contribution in [-0.2, 0) is 4.79 Å². The molecule has 13 heteroatoms. The van der Waals surface area contributed by atoms with Crippen LogP contribution in [0.25, 0.3) is 11.6 Å². The number of aryl methyl sites for hydroxylation is 1. The van der Waals surface area contributed by atoms with E-state index >= 15 is 0 Å². The largest absolute Gasteiger partial charge is 0.420 e. The molecule has 40 heavy (non-hydrogen) atoms. The molecule has 0 radical (unpaired) electrons. The number of carbonyl (C=O) groups is 2. The van der Waals surface area contributed by atoms with Crippen molar-refractivity contribution in [1.29, 1.82) is 0 Å². The topological polar surface area (TPSA) is 121 Å². The predicted molar refractivity (Wildman–Crippen MR) is 153 cm³/mol. The predicted octanol–water partition coefficient (Wildman–Crippen LogP) is 4.31. The van der Waals surface area contributed by atoms with Crippen LogP contribution in [0, 0.1) is 6.92 Å².